The molecule has 0 aromatic heterocycles. The van der Waals surface area contributed by atoms with E-state index in [1.165, 1.54) is 29.6 Å². The van der Waals surface area contributed by atoms with Crippen molar-refractivity contribution in [1.29, 1.82) is 0 Å². The topological polar surface area (TPSA) is 102 Å². The van der Waals surface area contributed by atoms with Crippen molar-refractivity contribution in [2.24, 2.45) is 11.8 Å². The van der Waals surface area contributed by atoms with Crippen LogP contribution in [0.5, 0.6) is 5.75 Å². The molecule has 10 heteroatoms. The fourth-order valence-electron chi connectivity index (χ4n) is 4.10. The number of piperidine rings is 1. The highest BCUT2D eigenvalue weighted by Crippen LogP contribution is 2.29. The van der Waals surface area contributed by atoms with Crippen LogP contribution >= 0.6 is 0 Å². The van der Waals surface area contributed by atoms with Gasteiger partial charge in [0.1, 0.15) is 10.6 Å². The normalized spacial score (nSPS) is 22.7. The van der Waals surface area contributed by atoms with Gasteiger partial charge >= 0.3 is 5.97 Å². The quantitative estimate of drug-likeness (QED) is 0.598. The van der Waals surface area contributed by atoms with Gasteiger partial charge in [-0.3, -0.25) is 4.79 Å². The summed E-state index contributed by atoms with van der Waals surface area (Å²) in [5.74, 6) is -0.0692. The molecule has 0 N–H and O–H groups in total. The van der Waals surface area contributed by atoms with Gasteiger partial charge in [-0.15, -0.1) is 0 Å². The number of amides is 1. The highest BCUT2D eigenvalue weighted by atomic mass is 32.2. The molecule has 0 bridgehead atoms. The van der Waals surface area contributed by atoms with Crippen molar-refractivity contribution in [1.82, 2.24) is 9.21 Å². The lowest BCUT2D eigenvalue weighted by Crippen LogP contribution is -2.44. The summed E-state index contributed by atoms with van der Waals surface area (Å²) in [5, 5.41) is 0. The van der Waals surface area contributed by atoms with Crippen LogP contribution in [0.25, 0.3) is 0 Å². The molecule has 2 fully saturated rings. The fraction of sp³-hybridized carbons (Fsp3) is 0.619. The molecule has 1 aromatic carbocycles. The molecule has 2 heterocycles. The second kappa shape index (κ2) is 9.97. The molecule has 2 unspecified atom stereocenters. The SMILES string of the molecule is COc1ccc(C(=O)OCC(=O)N2CC(C)CC(C)C2)cc1S(=O)(=O)N1CCOCC1. The zero-order valence-corrected chi connectivity index (χ0v) is 19.0. The number of hydrogen-bond donors (Lipinski definition) is 0. The molecule has 2 saturated heterocycles. The molecular weight excluding hydrogens is 424 g/mol. The summed E-state index contributed by atoms with van der Waals surface area (Å²) >= 11 is 0. The first-order chi connectivity index (χ1) is 14.7. The van der Waals surface area contributed by atoms with E-state index in [9.17, 15) is 18.0 Å². The number of likely N-dealkylation sites (tertiary alicyclic amines) is 1. The molecule has 172 valence electrons. The predicted molar refractivity (Wildman–Crippen MR) is 112 cm³/mol. The molecule has 0 radical (unpaired) electrons. The first-order valence-electron chi connectivity index (χ1n) is 10.4. The molecule has 0 aliphatic carbocycles. The second-order valence-corrected chi connectivity index (χ2v) is 10.1. The zero-order valence-electron chi connectivity index (χ0n) is 18.2. The summed E-state index contributed by atoms with van der Waals surface area (Å²) in [6.45, 7) is 6.15. The van der Waals surface area contributed by atoms with Gasteiger partial charge in [-0.05, 0) is 36.5 Å². The van der Waals surface area contributed by atoms with Crippen molar-refractivity contribution in [3.05, 3.63) is 23.8 Å². The van der Waals surface area contributed by atoms with E-state index in [0.29, 0.717) is 38.1 Å². The van der Waals surface area contributed by atoms with Crippen molar-refractivity contribution in [2.45, 2.75) is 25.2 Å². The largest absolute Gasteiger partial charge is 0.495 e. The lowest BCUT2D eigenvalue weighted by Gasteiger charge is -2.34. The van der Waals surface area contributed by atoms with E-state index in [2.05, 4.69) is 13.8 Å². The molecule has 1 aromatic rings. The fourth-order valence-corrected chi connectivity index (χ4v) is 5.69. The Labute approximate surface area is 183 Å². The number of methoxy groups -OCH3 is 1. The van der Waals surface area contributed by atoms with Gasteiger partial charge in [-0.25, -0.2) is 13.2 Å². The maximum absolute atomic E-state index is 13.1. The zero-order chi connectivity index (χ0) is 22.6. The summed E-state index contributed by atoms with van der Waals surface area (Å²) in [6, 6.07) is 4.08. The third-order valence-corrected chi connectivity index (χ3v) is 7.46. The number of rotatable bonds is 6. The van der Waals surface area contributed by atoms with E-state index >= 15 is 0 Å². The minimum absolute atomic E-state index is 0.0424. The van der Waals surface area contributed by atoms with Crippen LogP contribution in [0.1, 0.15) is 30.6 Å². The van der Waals surface area contributed by atoms with Crippen LogP contribution in [0.2, 0.25) is 0 Å². The standard InChI is InChI=1S/C21H30N2O7S/c1-15-10-16(2)13-22(12-15)20(24)14-30-21(25)17-4-5-18(28-3)19(11-17)31(26,27)23-6-8-29-9-7-23/h4-5,11,15-16H,6-10,12-14H2,1-3H3. The number of morpholine rings is 1. The van der Waals surface area contributed by atoms with Crippen LogP contribution in [-0.4, -0.2) is 82.6 Å². The molecule has 0 spiro atoms. The van der Waals surface area contributed by atoms with Crippen LogP contribution in [0, 0.1) is 11.8 Å². The van der Waals surface area contributed by atoms with Gasteiger partial charge in [0.05, 0.1) is 25.9 Å². The van der Waals surface area contributed by atoms with E-state index in [4.69, 9.17) is 14.2 Å². The Morgan fingerprint density at radius 3 is 2.39 bits per heavy atom. The van der Waals surface area contributed by atoms with Crippen LogP contribution in [0.3, 0.4) is 0 Å². The van der Waals surface area contributed by atoms with E-state index < -0.39 is 16.0 Å². The lowest BCUT2D eigenvalue weighted by atomic mass is 9.92. The van der Waals surface area contributed by atoms with Crippen molar-refractivity contribution in [3.8, 4) is 5.75 Å². The average Bonchev–Trinajstić information content (AvgIpc) is 2.76. The van der Waals surface area contributed by atoms with E-state index in [1.807, 2.05) is 0 Å². The van der Waals surface area contributed by atoms with E-state index in [-0.39, 0.29) is 41.8 Å². The third-order valence-electron chi connectivity index (χ3n) is 5.54. The first-order valence-corrected chi connectivity index (χ1v) is 11.9. The Morgan fingerprint density at radius 1 is 1.13 bits per heavy atom. The van der Waals surface area contributed by atoms with Gasteiger partial charge in [0.25, 0.3) is 5.91 Å². The molecule has 2 atom stereocenters. The molecule has 31 heavy (non-hydrogen) atoms. The Bertz CT molecular complexity index is 902. The number of carbonyl (C=O) groups excluding carboxylic acids is 2. The summed E-state index contributed by atoms with van der Waals surface area (Å²) in [7, 11) is -2.51. The van der Waals surface area contributed by atoms with Gasteiger partial charge in [0.15, 0.2) is 6.61 Å². The Hall–Kier alpha value is -2.17. The second-order valence-electron chi connectivity index (χ2n) is 8.20. The van der Waals surface area contributed by atoms with Crippen molar-refractivity contribution in [2.75, 3.05) is 53.1 Å². The van der Waals surface area contributed by atoms with Gasteiger partial charge in [0.2, 0.25) is 10.0 Å². The summed E-state index contributed by atoms with van der Waals surface area (Å²) in [6.07, 6.45) is 1.07. The monoisotopic (exact) mass is 454 g/mol. The number of ether oxygens (including phenoxy) is 3. The molecular formula is C21H30N2O7S. The summed E-state index contributed by atoms with van der Waals surface area (Å²) in [5.41, 5.74) is 0.0424. The minimum Gasteiger partial charge on any atom is -0.495 e. The highest BCUT2D eigenvalue weighted by molar-refractivity contribution is 7.89. The van der Waals surface area contributed by atoms with Crippen molar-refractivity contribution < 1.29 is 32.2 Å². The van der Waals surface area contributed by atoms with Gasteiger partial charge in [-0.2, -0.15) is 4.31 Å². The number of carbonyl (C=O) groups is 2. The smallest absolute Gasteiger partial charge is 0.338 e. The van der Waals surface area contributed by atoms with Crippen molar-refractivity contribution >= 4 is 21.9 Å². The molecule has 9 nitrogen and oxygen atoms in total. The number of hydrogen-bond acceptors (Lipinski definition) is 7. The summed E-state index contributed by atoms with van der Waals surface area (Å²) < 4.78 is 43.0. The van der Waals surface area contributed by atoms with Crippen LogP contribution in [0.15, 0.2) is 23.1 Å². The van der Waals surface area contributed by atoms with Crippen LogP contribution < -0.4 is 4.74 Å². The third kappa shape index (κ3) is 5.55. The van der Waals surface area contributed by atoms with Crippen LogP contribution in [-0.2, 0) is 24.3 Å². The molecule has 2 aliphatic heterocycles. The van der Waals surface area contributed by atoms with Gasteiger partial charge in [-0.1, -0.05) is 13.8 Å². The Balaban J connectivity index is 1.71. The van der Waals surface area contributed by atoms with Gasteiger partial charge in [0, 0.05) is 26.2 Å². The highest BCUT2D eigenvalue weighted by Gasteiger charge is 2.31. The van der Waals surface area contributed by atoms with Crippen LogP contribution in [0.4, 0.5) is 0 Å². The number of sulfonamides is 1. The maximum Gasteiger partial charge on any atom is 0.338 e. The Morgan fingerprint density at radius 2 is 1.77 bits per heavy atom. The van der Waals surface area contributed by atoms with Gasteiger partial charge < -0.3 is 19.1 Å². The average molecular weight is 455 g/mol. The molecule has 3 rings (SSSR count). The van der Waals surface area contributed by atoms with E-state index in [1.54, 1.807) is 4.90 Å². The lowest BCUT2D eigenvalue weighted by molar-refractivity contribution is -0.137. The summed E-state index contributed by atoms with van der Waals surface area (Å²) in [4.78, 5) is 26.6. The van der Waals surface area contributed by atoms with Crippen molar-refractivity contribution in [3.63, 3.8) is 0 Å². The molecule has 1 amide bonds. The predicted octanol–water partition coefficient (Wildman–Crippen LogP) is 1.38. The maximum atomic E-state index is 13.1. The molecule has 2 aliphatic rings. The first kappa shape index (κ1) is 23.5. The Kier molecular flexibility index (Phi) is 7.55. The number of esters is 1. The molecule has 0 saturated carbocycles. The number of nitrogens with zero attached hydrogens (tertiary/aromatic N) is 2. The van der Waals surface area contributed by atoms with E-state index in [0.717, 1.165) is 6.42 Å². The number of benzene rings is 1. The minimum atomic E-state index is -3.88.